The number of nitrogens with one attached hydrogen (secondary N) is 1. The largest absolute Gasteiger partial charge is 0.381 e. The molecule has 2 aromatic rings. The highest BCUT2D eigenvalue weighted by Gasteiger charge is 2.30. The van der Waals surface area contributed by atoms with Crippen LogP contribution in [0.25, 0.3) is 0 Å². The Kier molecular flexibility index (Phi) is 3.75. The van der Waals surface area contributed by atoms with Crippen LogP contribution in [-0.4, -0.2) is 6.04 Å². The van der Waals surface area contributed by atoms with Gasteiger partial charge in [0.1, 0.15) is 6.07 Å². The van der Waals surface area contributed by atoms with Gasteiger partial charge in [-0.3, -0.25) is 0 Å². The molecule has 0 amide bonds. The molecule has 0 aliphatic heterocycles. The molecule has 0 radical (unpaired) electrons. The summed E-state index contributed by atoms with van der Waals surface area (Å²) in [5.41, 5.74) is 3.08. The number of para-hydroxylation sites is 1. The molecule has 20 heavy (non-hydrogen) atoms. The zero-order valence-corrected chi connectivity index (χ0v) is 12.6. The van der Waals surface area contributed by atoms with E-state index >= 15 is 0 Å². The lowest BCUT2D eigenvalue weighted by Gasteiger charge is -2.37. The molecule has 1 N–H and O–H groups in total. The van der Waals surface area contributed by atoms with Gasteiger partial charge in [-0.2, -0.15) is 5.26 Å². The van der Waals surface area contributed by atoms with Crippen molar-refractivity contribution in [2.24, 2.45) is 0 Å². The monoisotopic (exact) mass is 326 g/mol. The van der Waals surface area contributed by atoms with Gasteiger partial charge in [0.15, 0.2) is 0 Å². The van der Waals surface area contributed by atoms with E-state index in [1.54, 1.807) is 0 Å². The van der Waals surface area contributed by atoms with E-state index < -0.39 is 0 Å². The molecular formula is C17H15BrN2. The number of anilines is 1. The summed E-state index contributed by atoms with van der Waals surface area (Å²) >= 11 is 3.46. The number of benzene rings is 2. The molecular weight excluding hydrogens is 312 g/mol. The van der Waals surface area contributed by atoms with Gasteiger partial charge in [-0.15, -0.1) is 0 Å². The van der Waals surface area contributed by atoms with Crippen LogP contribution >= 0.6 is 15.9 Å². The lowest BCUT2D eigenvalue weighted by atomic mass is 9.76. The number of rotatable bonds is 3. The molecule has 0 spiro atoms. The highest BCUT2D eigenvalue weighted by atomic mass is 79.9. The van der Waals surface area contributed by atoms with Crippen LogP contribution < -0.4 is 5.32 Å². The number of nitrogens with zero attached hydrogens (tertiary/aromatic N) is 1. The molecule has 3 rings (SSSR count). The average Bonchev–Trinajstić information content (AvgIpc) is 2.44. The van der Waals surface area contributed by atoms with Crippen LogP contribution in [0.3, 0.4) is 0 Å². The molecule has 1 saturated carbocycles. The average molecular weight is 327 g/mol. The van der Waals surface area contributed by atoms with Crippen molar-refractivity contribution in [1.29, 1.82) is 5.26 Å². The van der Waals surface area contributed by atoms with E-state index in [9.17, 15) is 0 Å². The first kappa shape index (κ1) is 13.2. The van der Waals surface area contributed by atoms with Crippen molar-refractivity contribution in [3.63, 3.8) is 0 Å². The van der Waals surface area contributed by atoms with Crippen molar-refractivity contribution >= 4 is 21.6 Å². The third-order valence-electron chi connectivity index (χ3n) is 3.89. The summed E-state index contributed by atoms with van der Waals surface area (Å²) in [6.45, 7) is 0. The van der Waals surface area contributed by atoms with Crippen molar-refractivity contribution in [1.82, 2.24) is 0 Å². The molecule has 0 unspecified atom stereocenters. The summed E-state index contributed by atoms with van der Waals surface area (Å²) in [5, 5.41) is 12.6. The highest BCUT2D eigenvalue weighted by molar-refractivity contribution is 9.10. The standard InChI is InChI=1S/C17H15BrN2/c18-15-7-5-12(6-8-15)14-9-16(10-14)20-17-4-2-1-3-13(17)11-19/h1-8,14,16,20H,9-10H2. The number of hydrogen-bond acceptors (Lipinski definition) is 2. The molecule has 0 aromatic heterocycles. The van der Waals surface area contributed by atoms with Crippen LogP contribution in [0, 0.1) is 11.3 Å². The van der Waals surface area contributed by atoms with Crippen molar-refractivity contribution in [2.45, 2.75) is 24.8 Å². The van der Waals surface area contributed by atoms with Gasteiger partial charge in [0.25, 0.3) is 0 Å². The highest BCUT2D eigenvalue weighted by Crippen LogP contribution is 2.39. The Hall–Kier alpha value is -1.79. The Labute approximate surface area is 127 Å². The molecule has 100 valence electrons. The van der Waals surface area contributed by atoms with E-state index in [1.165, 1.54) is 5.56 Å². The van der Waals surface area contributed by atoms with Crippen LogP contribution in [0.1, 0.15) is 29.9 Å². The molecule has 2 nitrogen and oxygen atoms in total. The van der Waals surface area contributed by atoms with Gasteiger partial charge in [-0.1, -0.05) is 40.2 Å². The van der Waals surface area contributed by atoms with Crippen LogP contribution in [-0.2, 0) is 0 Å². The smallest absolute Gasteiger partial charge is 0.101 e. The number of hydrogen-bond donors (Lipinski definition) is 1. The molecule has 3 heteroatoms. The fraction of sp³-hybridized carbons (Fsp3) is 0.235. The minimum atomic E-state index is 0.471. The topological polar surface area (TPSA) is 35.8 Å². The van der Waals surface area contributed by atoms with Gasteiger partial charge < -0.3 is 5.32 Å². The summed E-state index contributed by atoms with van der Waals surface area (Å²) in [5.74, 6) is 0.634. The normalized spacial score (nSPS) is 20.8. The van der Waals surface area contributed by atoms with Crippen LogP contribution in [0.4, 0.5) is 5.69 Å². The quantitative estimate of drug-likeness (QED) is 0.888. The lowest BCUT2D eigenvalue weighted by Crippen LogP contribution is -2.34. The summed E-state index contributed by atoms with van der Waals surface area (Å²) in [4.78, 5) is 0. The summed E-state index contributed by atoms with van der Waals surface area (Å²) in [6, 6.07) is 19.0. The van der Waals surface area contributed by atoms with E-state index in [1.807, 2.05) is 24.3 Å². The van der Waals surface area contributed by atoms with Crippen LogP contribution in [0.5, 0.6) is 0 Å². The van der Waals surface area contributed by atoms with E-state index in [0.717, 1.165) is 28.6 Å². The first-order chi connectivity index (χ1) is 9.76. The Morgan fingerprint density at radius 1 is 1.05 bits per heavy atom. The molecule has 1 aliphatic carbocycles. The summed E-state index contributed by atoms with van der Waals surface area (Å²) in [7, 11) is 0. The molecule has 0 heterocycles. The third-order valence-corrected chi connectivity index (χ3v) is 4.42. The zero-order valence-electron chi connectivity index (χ0n) is 11.0. The maximum absolute atomic E-state index is 9.08. The Morgan fingerprint density at radius 3 is 2.45 bits per heavy atom. The van der Waals surface area contributed by atoms with Gasteiger partial charge in [0.2, 0.25) is 0 Å². The minimum Gasteiger partial charge on any atom is -0.381 e. The molecule has 0 atom stereocenters. The molecule has 1 aliphatic rings. The van der Waals surface area contributed by atoms with E-state index in [4.69, 9.17) is 5.26 Å². The fourth-order valence-electron chi connectivity index (χ4n) is 2.67. The van der Waals surface area contributed by atoms with E-state index in [2.05, 4.69) is 51.6 Å². The van der Waals surface area contributed by atoms with Crippen LogP contribution in [0.2, 0.25) is 0 Å². The van der Waals surface area contributed by atoms with Crippen molar-refractivity contribution in [3.05, 3.63) is 64.1 Å². The minimum absolute atomic E-state index is 0.471. The van der Waals surface area contributed by atoms with E-state index in [-0.39, 0.29) is 0 Å². The number of nitriles is 1. The fourth-order valence-corrected chi connectivity index (χ4v) is 2.93. The van der Waals surface area contributed by atoms with Gasteiger partial charge in [0, 0.05) is 10.5 Å². The zero-order chi connectivity index (χ0) is 13.9. The summed E-state index contributed by atoms with van der Waals surface area (Å²) < 4.78 is 1.12. The van der Waals surface area contributed by atoms with E-state index in [0.29, 0.717) is 12.0 Å². The van der Waals surface area contributed by atoms with Crippen LogP contribution in [0.15, 0.2) is 53.0 Å². The molecule has 0 bridgehead atoms. The second-order valence-electron chi connectivity index (χ2n) is 5.22. The predicted octanol–water partition coefficient (Wildman–Crippen LogP) is 4.68. The second-order valence-corrected chi connectivity index (χ2v) is 6.13. The Morgan fingerprint density at radius 2 is 1.75 bits per heavy atom. The first-order valence-corrected chi connectivity index (χ1v) is 7.56. The van der Waals surface area contributed by atoms with Crippen molar-refractivity contribution < 1.29 is 0 Å². The maximum Gasteiger partial charge on any atom is 0.101 e. The van der Waals surface area contributed by atoms with Gasteiger partial charge in [-0.25, -0.2) is 0 Å². The number of halogens is 1. The Balaban J connectivity index is 1.61. The Bertz CT molecular complexity index is 637. The second kappa shape index (κ2) is 5.68. The third kappa shape index (κ3) is 2.71. The lowest BCUT2D eigenvalue weighted by molar-refractivity contribution is 0.374. The first-order valence-electron chi connectivity index (χ1n) is 6.77. The summed E-state index contributed by atoms with van der Waals surface area (Å²) in [6.07, 6.45) is 2.25. The maximum atomic E-state index is 9.08. The molecule has 0 saturated heterocycles. The van der Waals surface area contributed by atoms with Crippen molar-refractivity contribution in [2.75, 3.05) is 5.32 Å². The predicted molar refractivity (Wildman–Crippen MR) is 84.7 cm³/mol. The van der Waals surface area contributed by atoms with Gasteiger partial charge in [-0.05, 0) is 48.6 Å². The van der Waals surface area contributed by atoms with Gasteiger partial charge >= 0.3 is 0 Å². The SMILES string of the molecule is N#Cc1ccccc1NC1CC(c2ccc(Br)cc2)C1. The molecule has 2 aromatic carbocycles. The van der Waals surface area contributed by atoms with Gasteiger partial charge in [0.05, 0.1) is 11.3 Å². The molecule has 1 fully saturated rings. The van der Waals surface area contributed by atoms with Crippen molar-refractivity contribution in [3.8, 4) is 6.07 Å².